The molecule has 0 saturated carbocycles. The summed E-state index contributed by atoms with van der Waals surface area (Å²) in [6.45, 7) is 4.31. The molecule has 2 heterocycles. The van der Waals surface area contributed by atoms with Crippen molar-refractivity contribution in [3.05, 3.63) is 24.0 Å². The van der Waals surface area contributed by atoms with Crippen molar-refractivity contribution in [2.75, 3.05) is 19.7 Å². The molecule has 1 saturated heterocycles. The van der Waals surface area contributed by atoms with Crippen LogP contribution in [0, 0.1) is 0 Å². The third-order valence-electron chi connectivity index (χ3n) is 3.07. The highest BCUT2D eigenvalue weighted by Crippen LogP contribution is 2.14. The number of aromatic nitrogens is 1. The molecule has 0 spiro atoms. The van der Waals surface area contributed by atoms with E-state index in [0.717, 1.165) is 18.8 Å². The van der Waals surface area contributed by atoms with Crippen molar-refractivity contribution >= 4 is 5.91 Å². The first-order valence-electron chi connectivity index (χ1n) is 5.81. The highest BCUT2D eigenvalue weighted by molar-refractivity contribution is 5.77. The number of hydrogen-bond donors (Lipinski definition) is 2. The van der Waals surface area contributed by atoms with Crippen LogP contribution in [-0.2, 0) is 23.1 Å². The first-order chi connectivity index (χ1) is 8.09. The molecule has 0 atom stereocenters. The Bertz CT molecular complexity index is 396. The second-order valence-electron chi connectivity index (χ2n) is 4.73. The van der Waals surface area contributed by atoms with E-state index in [1.165, 1.54) is 0 Å². The molecule has 5 heteroatoms. The first-order valence-corrected chi connectivity index (χ1v) is 5.81. The molecule has 0 unspecified atom stereocenters. The van der Waals surface area contributed by atoms with E-state index in [-0.39, 0.29) is 18.1 Å². The number of nitrogens with one attached hydrogen (secondary N) is 2. The zero-order valence-corrected chi connectivity index (χ0v) is 10.3. The van der Waals surface area contributed by atoms with Crippen molar-refractivity contribution in [1.29, 1.82) is 0 Å². The lowest BCUT2D eigenvalue weighted by molar-refractivity contribution is -0.136. The van der Waals surface area contributed by atoms with Gasteiger partial charge in [0.15, 0.2) is 0 Å². The Morgan fingerprint density at radius 1 is 1.65 bits per heavy atom. The molecule has 2 N–H and O–H groups in total. The summed E-state index contributed by atoms with van der Waals surface area (Å²) in [7, 11) is 1.96. The summed E-state index contributed by atoms with van der Waals surface area (Å²) >= 11 is 0. The zero-order valence-electron chi connectivity index (χ0n) is 10.3. The minimum atomic E-state index is -0.164. The van der Waals surface area contributed by atoms with Gasteiger partial charge < -0.3 is 19.9 Å². The van der Waals surface area contributed by atoms with Crippen LogP contribution in [0.3, 0.4) is 0 Å². The minimum Gasteiger partial charge on any atom is -0.363 e. The van der Waals surface area contributed by atoms with Crippen LogP contribution in [0.1, 0.15) is 12.6 Å². The summed E-state index contributed by atoms with van der Waals surface area (Å²) < 4.78 is 7.53. The maximum Gasteiger partial charge on any atom is 0.246 e. The Morgan fingerprint density at radius 3 is 2.94 bits per heavy atom. The maximum absolute atomic E-state index is 11.6. The molecular weight excluding hydrogens is 218 g/mol. The Morgan fingerprint density at radius 2 is 2.41 bits per heavy atom. The number of hydrogen-bond acceptors (Lipinski definition) is 3. The van der Waals surface area contributed by atoms with Crippen LogP contribution in [0.2, 0.25) is 0 Å². The summed E-state index contributed by atoms with van der Waals surface area (Å²) in [5, 5.41) is 5.97. The van der Waals surface area contributed by atoms with Crippen LogP contribution in [0.15, 0.2) is 18.3 Å². The summed E-state index contributed by atoms with van der Waals surface area (Å²) in [4.78, 5) is 11.6. The smallest absolute Gasteiger partial charge is 0.246 e. The molecule has 1 aliphatic heterocycles. The van der Waals surface area contributed by atoms with E-state index in [1.54, 1.807) is 0 Å². The predicted octanol–water partition coefficient (Wildman–Crippen LogP) is 0.0198. The SMILES string of the molecule is Cn1cccc1CNC(=O)COC1(C)CNC1. The molecule has 0 radical (unpaired) electrons. The third kappa shape index (κ3) is 3.08. The fourth-order valence-electron chi connectivity index (χ4n) is 1.74. The average molecular weight is 237 g/mol. The van der Waals surface area contributed by atoms with Crippen molar-refractivity contribution in [2.45, 2.75) is 19.1 Å². The van der Waals surface area contributed by atoms with Crippen LogP contribution in [0.4, 0.5) is 0 Å². The first kappa shape index (κ1) is 12.1. The van der Waals surface area contributed by atoms with Gasteiger partial charge in [-0.25, -0.2) is 0 Å². The lowest BCUT2D eigenvalue weighted by atomic mass is 10.0. The van der Waals surface area contributed by atoms with E-state index >= 15 is 0 Å². The number of carbonyl (C=O) groups excluding carboxylic acids is 1. The van der Waals surface area contributed by atoms with Gasteiger partial charge in [-0.15, -0.1) is 0 Å². The lowest BCUT2D eigenvalue weighted by Crippen LogP contribution is -2.59. The Kier molecular flexibility index (Phi) is 3.49. The number of nitrogens with zero attached hydrogens (tertiary/aromatic N) is 1. The molecule has 5 nitrogen and oxygen atoms in total. The highest BCUT2D eigenvalue weighted by Gasteiger charge is 2.32. The van der Waals surface area contributed by atoms with Gasteiger partial charge in [-0.3, -0.25) is 4.79 Å². The quantitative estimate of drug-likeness (QED) is 0.759. The van der Waals surface area contributed by atoms with Gasteiger partial charge in [0.2, 0.25) is 5.91 Å². The molecule has 1 aromatic rings. The molecule has 0 aliphatic carbocycles. The highest BCUT2D eigenvalue weighted by atomic mass is 16.5. The molecule has 94 valence electrons. The maximum atomic E-state index is 11.6. The summed E-state index contributed by atoms with van der Waals surface area (Å²) in [5.41, 5.74) is 0.914. The Hall–Kier alpha value is -1.33. The van der Waals surface area contributed by atoms with E-state index in [4.69, 9.17) is 4.74 Å². The molecule has 0 aromatic carbocycles. The molecule has 0 bridgehead atoms. The van der Waals surface area contributed by atoms with Crippen molar-refractivity contribution in [2.24, 2.45) is 7.05 Å². The number of aryl methyl sites for hydroxylation is 1. The van der Waals surface area contributed by atoms with Crippen LogP contribution < -0.4 is 10.6 Å². The molecule has 17 heavy (non-hydrogen) atoms. The van der Waals surface area contributed by atoms with Gasteiger partial charge in [-0.2, -0.15) is 0 Å². The normalized spacial score (nSPS) is 17.5. The van der Waals surface area contributed by atoms with E-state index in [0.29, 0.717) is 6.54 Å². The van der Waals surface area contributed by atoms with Gasteiger partial charge >= 0.3 is 0 Å². The van der Waals surface area contributed by atoms with Gasteiger partial charge in [0.05, 0.1) is 12.1 Å². The van der Waals surface area contributed by atoms with Gasteiger partial charge in [0, 0.05) is 32.0 Å². The van der Waals surface area contributed by atoms with Crippen LogP contribution in [0.25, 0.3) is 0 Å². The molecule has 1 amide bonds. The molecule has 1 fully saturated rings. The van der Waals surface area contributed by atoms with Crippen molar-refractivity contribution in [1.82, 2.24) is 15.2 Å². The van der Waals surface area contributed by atoms with Crippen LogP contribution in [0.5, 0.6) is 0 Å². The van der Waals surface area contributed by atoms with Crippen molar-refractivity contribution < 1.29 is 9.53 Å². The molecular formula is C12H19N3O2. The predicted molar refractivity (Wildman–Crippen MR) is 64.5 cm³/mol. The topological polar surface area (TPSA) is 55.3 Å². The number of carbonyl (C=O) groups is 1. The van der Waals surface area contributed by atoms with E-state index in [1.807, 2.05) is 36.9 Å². The van der Waals surface area contributed by atoms with E-state index in [2.05, 4.69) is 10.6 Å². The van der Waals surface area contributed by atoms with Crippen molar-refractivity contribution in [3.8, 4) is 0 Å². The number of rotatable bonds is 5. The van der Waals surface area contributed by atoms with Crippen LogP contribution in [-0.4, -0.2) is 35.8 Å². The largest absolute Gasteiger partial charge is 0.363 e. The molecule has 2 rings (SSSR count). The van der Waals surface area contributed by atoms with Gasteiger partial charge in [0.25, 0.3) is 0 Å². The van der Waals surface area contributed by atoms with E-state index in [9.17, 15) is 4.79 Å². The fourth-order valence-corrected chi connectivity index (χ4v) is 1.74. The second kappa shape index (κ2) is 4.89. The zero-order chi connectivity index (χ0) is 12.3. The Balaban J connectivity index is 1.69. The Labute approximate surface area is 101 Å². The summed E-state index contributed by atoms with van der Waals surface area (Å²) in [6, 6.07) is 3.94. The second-order valence-corrected chi connectivity index (χ2v) is 4.73. The molecule has 1 aromatic heterocycles. The minimum absolute atomic E-state index is 0.0701. The average Bonchev–Trinajstić information content (AvgIpc) is 2.67. The monoisotopic (exact) mass is 237 g/mol. The third-order valence-corrected chi connectivity index (χ3v) is 3.07. The van der Waals surface area contributed by atoms with Gasteiger partial charge in [0.1, 0.15) is 6.61 Å². The fraction of sp³-hybridized carbons (Fsp3) is 0.583. The molecule has 1 aliphatic rings. The standard InChI is InChI=1S/C12H19N3O2/c1-12(8-13-9-12)17-7-11(16)14-6-10-4-3-5-15(10)2/h3-5,13H,6-9H2,1-2H3,(H,14,16). The number of ether oxygens (including phenoxy) is 1. The summed E-state index contributed by atoms with van der Waals surface area (Å²) in [6.07, 6.45) is 1.96. The summed E-state index contributed by atoms with van der Waals surface area (Å²) in [5.74, 6) is -0.0701. The van der Waals surface area contributed by atoms with Gasteiger partial charge in [-0.1, -0.05) is 0 Å². The van der Waals surface area contributed by atoms with Crippen LogP contribution >= 0.6 is 0 Å². The number of amides is 1. The van der Waals surface area contributed by atoms with Gasteiger partial charge in [-0.05, 0) is 19.1 Å². The van der Waals surface area contributed by atoms with E-state index < -0.39 is 0 Å². The van der Waals surface area contributed by atoms with Crippen molar-refractivity contribution in [3.63, 3.8) is 0 Å². The lowest BCUT2D eigenvalue weighted by Gasteiger charge is -2.38.